The van der Waals surface area contributed by atoms with E-state index in [1.807, 2.05) is 24.3 Å². The van der Waals surface area contributed by atoms with Crippen molar-refractivity contribution in [2.45, 2.75) is 83.3 Å². The highest BCUT2D eigenvalue weighted by atomic mass is 16.5. The fourth-order valence-corrected chi connectivity index (χ4v) is 5.51. The number of nitrogens with zero attached hydrogens (tertiary/aromatic N) is 1. The molecule has 2 aromatic rings. The number of fused-ring (bicyclic) bond motifs is 2. The summed E-state index contributed by atoms with van der Waals surface area (Å²) in [6.45, 7) is 3.84. The van der Waals surface area contributed by atoms with E-state index in [0.29, 0.717) is 38.1 Å². The van der Waals surface area contributed by atoms with Crippen molar-refractivity contribution in [1.82, 2.24) is 10.3 Å². The van der Waals surface area contributed by atoms with Gasteiger partial charge in [-0.05, 0) is 63.5 Å². The standard InChI is InChI=1S/C28H36N2O7/c1-28(2,27(34)35)13-5-6-14-29-25(33)20-16-36-26(30-20)24-19(21-10-11-22(24)37-21)15-18-8-4-3-7-17(18)9-12-23(31)32/h3-4,7-8,16,19,21-22,24H,5-6,9-15H2,1-2H3,(H,29,33)(H,31,32)(H,34,35). The molecule has 2 aliphatic rings. The van der Waals surface area contributed by atoms with Crippen molar-refractivity contribution in [2.24, 2.45) is 11.3 Å². The molecule has 2 fully saturated rings. The average molecular weight is 513 g/mol. The van der Waals surface area contributed by atoms with E-state index in [4.69, 9.17) is 14.3 Å². The van der Waals surface area contributed by atoms with Crippen LogP contribution in [0.4, 0.5) is 0 Å². The largest absolute Gasteiger partial charge is 0.481 e. The molecule has 0 saturated carbocycles. The molecule has 4 atom stereocenters. The highest BCUT2D eigenvalue weighted by Crippen LogP contribution is 2.50. The van der Waals surface area contributed by atoms with Gasteiger partial charge in [0.25, 0.3) is 5.91 Å². The number of amides is 1. The van der Waals surface area contributed by atoms with Crippen molar-refractivity contribution in [3.05, 3.63) is 53.2 Å². The number of hydrogen-bond acceptors (Lipinski definition) is 6. The Morgan fingerprint density at radius 1 is 1.08 bits per heavy atom. The Morgan fingerprint density at radius 2 is 1.81 bits per heavy atom. The number of hydrogen-bond donors (Lipinski definition) is 3. The summed E-state index contributed by atoms with van der Waals surface area (Å²) in [5, 5.41) is 21.2. The lowest BCUT2D eigenvalue weighted by atomic mass is 9.75. The van der Waals surface area contributed by atoms with Gasteiger partial charge < -0.3 is 24.7 Å². The van der Waals surface area contributed by atoms with E-state index in [9.17, 15) is 19.5 Å². The second kappa shape index (κ2) is 11.5. The zero-order valence-corrected chi connectivity index (χ0v) is 21.4. The molecule has 9 heteroatoms. The average Bonchev–Trinajstić information content (AvgIpc) is 3.60. The monoisotopic (exact) mass is 512 g/mol. The summed E-state index contributed by atoms with van der Waals surface area (Å²) in [5.41, 5.74) is 1.60. The number of carboxylic acid groups (broad SMARTS) is 2. The molecule has 1 aromatic carbocycles. The molecule has 2 bridgehead atoms. The van der Waals surface area contributed by atoms with E-state index in [2.05, 4.69) is 10.3 Å². The Kier molecular flexibility index (Phi) is 8.32. The molecule has 1 aromatic heterocycles. The maximum Gasteiger partial charge on any atom is 0.309 e. The third-order valence-corrected chi connectivity index (χ3v) is 7.74. The van der Waals surface area contributed by atoms with Crippen LogP contribution in [0.5, 0.6) is 0 Å². The summed E-state index contributed by atoms with van der Waals surface area (Å²) in [4.78, 5) is 39.5. The number of aliphatic carboxylic acids is 2. The summed E-state index contributed by atoms with van der Waals surface area (Å²) < 4.78 is 12.0. The van der Waals surface area contributed by atoms with E-state index < -0.39 is 17.4 Å². The maximum atomic E-state index is 12.6. The number of carboxylic acids is 2. The van der Waals surface area contributed by atoms with E-state index in [-0.39, 0.29) is 42.1 Å². The van der Waals surface area contributed by atoms with E-state index in [1.54, 1.807) is 13.8 Å². The molecule has 4 unspecified atom stereocenters. The summed E-state index contributed by atoms with van der Waals surface area (Å²) in [5.74, 6) is -1.37. The van der Waals surface area contributed by atoms with Crippen LogP contribution in [0.1, 0.15) is 85.8 Å². The third kappa shape index (κ3) is 6.39. The number of oxazole rings is 1. The first-order chi connectivity index (χ1) is 17.7. The summed E-state index contributed by atoms with van der Waals surface area (Å²) in [7, 11) is 0. The number of aromatic nitrogens is 1. The molecule has 200 valence electrons. The molecule has 0 aliphatic carbocycles. The molecule has 2 saturated heterocycles. The smallest absolute Gasteiger partial charge is 0.309 e. The van der Waals surface area contributed by atoms with E-state index in [1.165, 1.54) is 6.26 Å². The van der Waals surface area contributed by atoms with Crippen LogP contribution in [0.15, 0.2) is 34.9 Å². The lowest BCUT2D eigenvalue weighted by molar-refractivity contribution is -0.147. The predicted octanol–water partition coefficient (Wildman–Crippen LogP) is 4.21. The molecule has 3 heterocycles. The summed E-state index contributed by atoms with van der Waals surface area (Å²) >= 11 is 0. The quantitative estimate of drug-likeness (QED) is 0.339. The molecule has 37 heavy (non-hydrogen) atoms. The van der Waals surface area contributed by atoms with Crippen LogP contribution in [-0.2, 0) is 27.2 Å². The van der Waals surface area contributed by atoms with Crippen LogP contribution in [0.25, 0.3) is 0 Å². The van der Waals surface area contributed by atoms with Crippen LogP contribution in [0, 0.1) is 11.3 Å². The van der Waals surface area contributed by atoms with Gasteiger partial charge in [0.05, 0.1) is 23.5 Å². The van der Waals surface area contributed by atoms with E-state index >= 15 is 0 Å². The molecular formula is C28H36N2O7. The Bertz CT molecular complexity index is 1130. The van der Waals surface area contributed by atoms with Crippen molar-refractivity contribution < 1.29 is 33.8 Å². The molecule has 1 amide bonds. The maximum absolute atomic E-state index is 12.6. The van der Waals surface area contributed by atoms with Crippen molar-refractivity contribution in [2.75, 3.05) is 6.54 Å². The first-order valence-corrected chi connectivity index (χ1v) is 13.1. The van der Waals surface area contributed by atoms with Gasteiger partial charge in [0.1, 0.15) is 6.26 Å². The number of ether oxygens (including phenoxy) is 1. The van der Waals surface area contributed by atoms with Gasteiger partial charge in [-0.15, -0.1) is 0 Å². The number of unbranched alkanes of at least 4 members (excludes halogenated alkanes) is 1. The summed E-state index contributed by atoms with van der Waals surface area (Å²) in [6, 6.07) is 7.93. The topological polar surface area (TPSA) is 139 Å². The first-order valence-electron chi connectivity index (χ1n) is 13.1. The van der Waals surface area contributed by atoms with Crippen molar-refractivity contribution in [3.63, 3.8) is 0 Å². The van der Waals surface area contributed by atoms with Crippen molar-refractivity contribution in [1.29, 1.82) is 0 Å². The number of rotatable bonds is 13. The fourth-order valence-electron chi connectivity index (χ4n) is 5.51. The van der Waals surface area contributed by atoms with Gasteiger partial charge in [-0.25, -0.2) is 4.98 Å². The number of benzene rings is 1. The molecule has 4 rings (SSSR count). The number of aryl methyl sites for hydroxylation is 1. The van der Waals surface area contributed by atoms with Crippen LogP contribution >= 0.6 is 0 Å². The SMILES string of the molecule is CC(C)(CCCCNC(=O)c1coc(C2C3CCC(O3)C2Cc2ccccc2CCC(=O)O)n1)C(=O)O. The minimum Gasteiger partial charge on any atom is -0.481 e. The lowest BCUT2D eigenvalue weighted by Gasteiger charge is -2.26. The second-order valence-electron chi connectivity index (χ2n) is 10.8. The fraction of sp³-hybridized carbons (Fsp3) is 0.571. The van der Waals surface area contributed by atoms with Gasteiger partial charge in [0, 0.05) is 18.9 Å². The number of carbonyl (C=O) groups excluding carboxylic acids is 1. The Hall–Kier alpha value is -3.20. The highest BCUT2D eigenvalue weighted by Gasteiger charge is 2.51. The lowest BCUT2D eigenvalue weighted by Crippen LogP contribution is -2.28. The molecule has 2 aliphatic heterocycles. The van der Waals surface area contributed by atoms with Crippen LogP contribution in [-0.4, -0.2) is 51.8 Å². The van der Waals surface area contributed by atoms with Gasteiger partial charge in [-0.2, -0.15) is 0 Å². The van der Waals surface area contributed by atoms with Crippen molar-refractivity contribution >= 4 is 17.8 Å². The molecule has 0 spiro atoms. The van der Waals surface area contributed by atoms with Crippen LogP contribution in [0.3, 0.4) is 0 Å². The zero-order chi connectivity index (χ0) is 26.6. The van der Waals surface area contributed by atoms with Gasteiger partial charge >= 0.3 is 11.9 Å². The van der Waals surface area contributed by atoms with Crippen LogP contribution < -0.4 is 5.32 Å². The molecule has 9 nitrogen and oxygen atoms in total. The van der Waals surface area contributed by atoms with Crippen molar-refractivity contribution in [3.8, 4) is 0 Å². The molecular weight excluding hydrogens is 476 g/mol. The Morgan fingerprint density at radius 3 is 2.54 bits per heavy atom. The minimum atomic E-state index is -0.821. The highest BCUT2D eigenvalue weighted by molar-refractivity contribution is 5.91. The normalized spacial score (nSPS) is 22.8. The number of carbonyl (C=O) groups is 3. The van der Waals surface area contributed by atoms with Gasteiger partial charge in [0.2, 0.25) is 5.89 Å². The van der Waals surface area contributed by atoms with E-state index in [0.717, 1.165) is 30.4 Å². The molecule has 0 radical (unpaired) electrons. The van der Waals surface area contributed by atoms with Crippen LogP contribution in [0.2, 0.25) is 0 Å². The predicted molar refractivity (Wildman–Crippen MR) is 134 cm³/mol. The minimum absolute atomic E-state index is 0.00617. The van der Waals surface area contributed by atoms with Gasteiger partial charge in [-0.1, -0.05) is 30.7 Å². The second-order valence-corrected chi connectivity index (χ2v) is 10.8. The van der Waals surface area contributed by atoms with Gasteiger partial charge in [0.15, 0.2) is 5.69 Å². The Labute approximate surface area is 216 Å². The number of nitrogens with one attached hydrogen (secondary N) is 1. The van der Waals surface area contributed by atoms with Gasteiger partial charge in [-0.3, -0.25) is 14.4 Å². The molecule has 3 N–H and O–H groups in total. The zero-order valence-electron chi connectivity index (χ0n) is 21.4. The first kappa shape index (κ1) is 26.9. The third-order valence-electron chi connectivity index (χ3n) is 7.74. The Balaban J connectivity index is 1.37. The summed E-state index contributed by atoms with van der Waals surface area (Å²) in [6.07, 6.45) is 6.57.